The van der Waals surface area contributed by atoms with E-state index in [1.165, 1.54) is 66.1 Å². The fourth-order valence-corrected chi connectivity index (χ4v) is 8.50. The number of aromatic nitrogens is 1. The molecule has 0 aliphatic carbocycles. The Hall–Kier alpha value is -7.29. The molecule has 0 saturated carbocycles. The number of fused-ring (bicyclic) bond motifs is 7. The molecule has 1 aromatic heterocycles. The Bertz CT molecular complexity index is 3120. The van der Waals surface area contributed by atoms with Crippen LogP contribution in [0.5, 0.6) is 0 Å². The van der Waals surface area contributed by atoms with Gasteiger partial charge in [0.2, 0.25) is 5.89 Å². The minimum atomic E-state index is 0.635. The van der Waals surface area contributed by atoms with E-state index in [1.54, 1.807) is 0 Å². The summed E-state index contributed by atoms with van der Waals surface area (Å²) in [5, 5.41) is 9.42. The second kappa shape index (κ2) is 12.7. The van der Waals surface area contributed by atoms with E-state index in [0.29, 0.717) is 5.89 Å². The van der Waals surface area contributed by atoms with E-state index in [1.807, 2.05) is 30.3 Å². The molecule has 0 fully saturated rings. The van der Waals surface area contributed by atoms with Crippen LogP contribution in [0, 0.1) is 0 Å². The van der Waals surface area contributed by atoms with Crippen molar-refractivity contribution in [2.45, 2.75) is 0 Å². The lowest BCUT2D eigenvalue weighted by Crippen LogP contribution is -1.92. The number of benzene rings is 10. The molecule has 2 heteroatoms. The molecule has 10 aromatic carbocycles. The summed E-state index contributed by atoms with van der Waals surface area (Å²) < 4.78 is 6.60. The number of oxazole rings is 1. The van der Waals surface area contributed by atoms with E-state index in [2.05, 4.69) is 170 Å². The summed E-state index contributed by atoms with van der Waals surface area (Å²) in [6.45, 7) is 0. The van der Waals surface area contributed by atoms with Crippen molar-refractivity contribution >= 4 is 54.2 Å². The summed E-state index contributed by atoms with van der Waals surface area (Å²) >= 11 is 0. The van der Waals surface area contributed by atoms with Crippen LogP contribution in [0.4, 0.5) is 0 Å². The summed E-state index contributed by atoms with van der Waals surface area (Å²) in [4.78, 5) is 4.93. The molecule has 0 aliphatic heterocycles. The summed E-state index contributed by atoms with van der Waals surface area (Å²) in [5.41, 5.74) is 12.3. The van der Waals surface area contributed by atoms with Gasteiger partial charge in [-0.1, -0.05) is 158 Å². The van der Waals surface area contributed by atoms with Crippen LogP contribution in [0.1, 0.15) is 0 Å². The van der Waals surface area contributed by atoms with Gasteiger partial charge >= 0.3 is 0 Å². The summed E-state index contributed by atoms with van der Waals surface area (Å²) in [7, 11) is 0. The zero-order valence-corrected chi connectivity index (χ0v) is 29.9. The number of hydrogen-bond acceptors (Lipinski definition) is 2. The van der Waals surface area contributed by atoms with E-state index < -0.39 is 0 Å². The molecule has 0 atom stereocenters. The third-order valence-corrected chi connectivity index (χ3v) is 11.0. The predicted octanol–water partition coefficient (Wildman–Crippen LogP) is 14.8. The SMILES string of the molecule is c1ccc(-c2cc(-c3ccccc3)cc(-c3c4ccccc4c(-c4ccc5ccc6ccc7nc(-c8ccccc8)oc7c6c5c4)c4ccccc34)c2)cc1. The molecule has 0 saturated heterocycles. The Morgan fingerprint density at radius 3 is 1.35 bits per heavy atom. The van der Waals surface area contributed by atoms with Crippen LogP contribution >= 0.6 is 0 Å². The lowest BCUT2D eigenvalue weighted by Gasteiger charge is -2.19. The zero-order chi connectivity index (χ0) is 36.3. The smallest absolute Gasteiger partial charge is 0.227 e. The van der Waals surface area contributed by atoms with Gasteiger partial charge in [0.25, 0.3) is 0 Å². The van der Waals surface area contributed by atoms with Gasteiger partial charge in [-0.2, -0.15) is 0 Å². The Labute approximate surface area is 318 Å². The minimum absolute atomic E-state index is 0.635. The second-order valence-corrected chi connectivity index (χ2v) is 14.3. The number of nitrogens with zero attached hydrogens (tertiary/aromatic N) is 1. The van der Waals surface area contributed by atoms with Gasteiger partial charge in [0.1, 0.15) is 5.52 Å². The van der Waals surface area contributed by atoms with Gasteiger partial charge in [-0.15, -0.1) is 0 Å². The zero-order valence-electron chi connectivity index (χ0n) is 29.9. The molecule has 0 spiro atoms. The lowest BCUT2D eigenvalue weighted by molar-refractivity contribution is 0.623. The molecule has 0 amide bonds. The highest BCUT2D eigenvalue weighted by Gasteiger charge is 2.20. The minimum Gasteiger partial charge on any atom is -0.435 e. The van der Waals surface area contributed by atoms with Crippen LogP contribution in [-0.2, 0) is 0 Å². The second-order valence-electron chi connectivity index (χ2n) is 14.3. The van der Waals surface area contributed by atoms with Crippen molar-refractivity contribution in [3.05, 3.63) is 200 Å². The highest BCUT2D eigenvalue weighted by atomic mass is 16.3. The first kappa shape index (κ1) is 31.3. The largest absolute Gasteiger partial charge is 0.435 e. The first-order valence-corrected chi connectivity index (χ1v) is 18.8. The molecule has 256 valence electrons. The number of hydrogen-bond donors (Lipinski definition) is 0. The van der Waals surface area contributed by atoms with E-state index in [9.17, 15) is 0 Å². The van der Waals surface area contributed by atoms with E-state index in [0.717, 1.165) is 38.2 Å². The first-order chi connectivity index (χ1) is 27.3. The van der Waals surface area contributed by atoms with Crippen LogP contribution in [-0.4, -0.2) is 4.98 Å². The molecule has 0 unspecified atom stereocenters. The molecule has 0 N–H and O–H groups in total. The van der Waals surface area contributed by atoms with Crippen LogP contribution < -0.4 is 0 Å². The summed E-state index contributed by atoms with van der Waals surface area (Å²) in [5.74, 6) is 0.635. The van der Waals surface area contributed by atoms with Gasteiger partial charge in [-0.3, -0.25) is 0 Å². The van der Waals surface area contributed by atoms with E-state index >= 15 is 0 Å². The van der Waals surface area contributed by atoms with Crippen LogP contribution in [0.2, 0.25) is 0 Å². The molecule has 1 heterocycles. The first-order valence-electron chi connectivity index (χ1n) is 18.8. The molecule has 0 bridgehead atoms. The highest BCUT2D eigenvalue weighted by molar-refractivity contribution is 6.23. The number of rotatable bonds is 5. The van der Waals surface area contributed by atoms with Crippen molar-refractivity contribution in [1.29, 1.82) is 0 Å². The van der Waals surface area contributed by atoms with Crippen molar-refractivity contribution in [3.63, 3.8) is 0 Å². The standard InChI is InChI=1S/C53H33NO/c1-4-14-34(15-5-1)40-30-41(35-16-6-2-7-17-35)32-42(31-40)50-45-22-12-10-20-43(45)49(44-21-11-13-23-46(44)50)39-27-25-36-24-26-37-28-29-48-52(51(37)47(36)33-39)55-53(54-48)38-18-8-3-9-19-38/h1-33H. The Morgan fingerprint density at radius 2 is 0.764 bits per heavy atom. The molecule has 0 radical (unpaired) electrons. The van der Waals surface area contributed by atoms with E-state index in [-0.39, 0.29) is 0 Å². The Balaban J connectivity index is 1.18. The average Bonchev–Trinajstić information content (AvgIpc) is 3.71. The molecule has 11 rings (SSSR count). The maximum atomic E-state index is 6.60. The van der Waals surface area contributed by atoms with Gasteiger partial charge in [0.15, 0.2) is 5.58 Å². The predicted molar refractivity (Wildman–Crippen MR) is 231 cm³/mol. The topological polar surface area (TPSA) is 26.0 Å². The molecule has 2 nitrogen and oxygen atoms in total. The van der Waals surface area contributed by atoms with E-state index in [4.69, 9.17) is 9.40 Å². The van der Waals surface area contributed by atoms with Crippen molar-refractivity contribution in [3.8, 4) is 56.0 Å². The molecule has 55 heavy (non-hydrogen) atoms. The Morgan fingerprint density at radius 1 is 0.309 bits per heavy atom. The molecule has 0 aliphatic rings. The van der Waals surface area contributed by atoms with Gasteiger partial charge in [0, 0.05) is 10.9 Å². The van der Waals surface area contributed by atoms with Gasteiger partial charge in [-0.25, -0.2) is 4.98 Å². The maximum Gasteiger partial charge on any atom is 0.227 e. The quantitative estimate of drug-likeness (QED) is 0.132. The van der Waals surface area contributed by atoms with Gasteiger partial charge < -0.3 is 4.42 Å². The third-order valence-electron chi connectivity index (χ3n) is 11.0. The van der Waals surface area contributed by atoms with Gasteiger partial charge in [0.05, 0.1) is 0 Å². The fraction of sp³-hybridized carbons (Fsp3) is 0. The fourth-order valence-electron chi connectivity index (χ4n) is 8.50. The summed E-state index contributed by atoms with van der Waals surface area (Å²) in [6, 6.07) is 72.0. The Kier molecular flexibility index (Phi) is 7.21. The van der Waals surface area contributed by atoms with Crippen molar-refractivity contribution in [2.75, 3.05) is 0 Å². The maximum absolute atomic E-state index is 6.60. The van der Waals surface area contributed by atoms with Crippen LogP contribution in [0.3, 0.4) is 0 Å². The monoisotopic (exact) mass is 699 g/mol. The van der Waals surface area contributed by atoms with Gasteiger partial charge in [-0.05, 0) is 125 Å². The normalized spacial score (nSPS) is 11.6. The van der Waals surface area contributed by atoms with Crippen molar-refractivity contribution in [2.24, 2.45) is 0 Å². The highest BCUT2D eigenvalue weighted by Crippen LogP contribution is 2.46. The van der Waals surface area contributed by atoms with Crippen molar-refractivity contribution < 1.29 is 4.42 Å². The molecule has 11 aromatic rings. The third kappa shape index (κ3) is 5.22. The van der Waals surface area contributed by atoms with Crippen LogP contribution in [0.25, 0.3) is 110 Å². The summed E-state index contributed by atoms with van der Waals surface area (Å²) in [6.07, 6.45) is 0. The molecular formula is C53H33NO. The van der Waals surface area contributed by atoms with Crippen LogP contribution in [0.15, 0.2) is 205 Å². The lowest BCUT2D eigenvalue weighted by atomic mass is 9.84. The van der Waals surface area contributed by atoms with Crippen molar-refractivity contribution in [1.82, 2.24) is 4.98 Å². The average molecular weight is 700 g/mol. The molecular weight excluding hydrogens is 667 g/mol.